The highest BCUT2D eigenvalue weighted by molar-refractivity contribution is 6.12. The molecular weight excluding hydrogens is 801 g/mol. The van der Waals surface area contributed by atoms with Crippen molar-refractivity contribution in [1.29, 1.82) is 10.5 Å². The first-order chi connectivity index (χ1) is 32.6. The van der Waals surface area contributed by atoms with Crippen LogP contribution in [0, 0.1) is 22.7 Å². The van der Waals surface area contributed by atoms with Gasteiger partial charge in [0.1, 0.15) is 6.07 Å². The Morgan fingerprint density at radius 1 is 0.424 bits per heavy atom. The second-order valence-electron chi connectivity index (χ2n) is 17.1. The molecule has 0 bridgehead atoms. The fourth-order valence-electron chi connectivity index (χ4n) is 10.3. The van der Waals surface area contributed by atoms with Crippen molar-refractivity contribution in [2.45, 2.75) is 12.3 Å². The van der Waals surface area contributed by atoms with Crippen LogP contribution in [0.3, 0.4) is 0 Å². The predicted octanol–water partition coefficient (Wildman–Crippen LogP) is 15.5. The first-order valence-corrected chi connectivity index (χ1v) is 22.4. The van der Waals surface area contributed by atoms with Crippen LogP contribution in [0.25, 0.3) is 94.7 Å². The highest BCUT2D eigenvalue weighted by Gasteiger charge is 2.27. The Bertz CT molecular complexity index is 3690. The first kappa shape index (κ1) is 38.7. The Hall–Kier alpha value is -8.96. The number of rotatable bonds is 7. The van der Waals surface area contributed by atoms with E-state index in [9.17, 15) is 10.5 Å². The summed E-state index contributed by atoms with van der Waals surface area (Å²) < 4.78 is 4.64. The molecule has 0 spiro atoms. The third kappa shape index (κ3) is 6.44. The Balaban J connectivity index is 1.13. The number of hydrogen-bond donors (Lipinski definition) is 0. The molecule has 0 amide bonds. The molecule has 1 aliphatic carbocycles. The zero-order chi connectivity index (χ0) is 44.1. The lowest BCUT2D eigenvalue weighted by Gasteiger charge is -2.22. The topological polar surface area (TPSA) is 57.4 Å². The van der Waals surface area contributed by atoms with E-state index in [1.165, 1.54) is 22.1 Å². The summed E-state index contributed by atoms with van der Waals surface area (Å²) in [5, 5.41) is 25.0. The molecule has 0 saturated carbocycles. The number of hydrogen-bond acceptors (Lipinski definition) is 2. The molecule has 2 heterocycles. The van der Waals surface area contributed by atoms with Crippen molar-refractivity contribution in [2.75, 3.05) is 0 Å². The van der Waals surface area contributed by atoms with Crippen LogP contribution >= 0.6 is 0 Å². The Morgan fingerprint density at radius 3 is 1.50 bits per heavy atom. The van der Waals surface area contributed by atoms with Gasteiger partial charge in [0.15, 0.2) is 0 Å². The van der Waals surface area contributed by atoms with Crippen molar-refractivity contribution < 1.29 is 0 Å². The lowest BCUT2D eigenvalue weighted by molar-refractivity contribution is 0.825. The number of nitriles is 2. The van der Waals surface area contributed by atoms with E-state index in [-0.39, 0.29) is 5.92 Å². The molecule has 12 rings (SSSR count). The maximum absolute atomic E-state index is 11.1. The average molecular weight is 841 g/mol. The lowest BCUT2D eigenvalue weighted by atomic mass is 9.86. The van der Waals surface area contributed by atoms with Crippen LogP contribution in [0.15, 0.2) is 218 Å². The predicted molar refractivity (Wildman–Crippen MR) is 271 cm³/mol. The van der Waals surface area contributed by atoms with Gasteiger partial charge in [0.2, 0.25) is 0 Å². The lowest BCUT2D eigenvalue weighted by Crippen LogP contribution is -2.08. The summed E-state index contributed by atoms with van der Waals surface area (Å²) in [6, 6.07) is 79.4. The van der Waals surface area contributed by atoms with Crippen LogP contribution in [-0.4, -0.2) is 9.13 Å². The van der Waals surface area contributed by atoms with Gasteiger partial charge in [0.25, 0.3) is 0 Å². The van der Waals surface area contributed by atoms with Crippen LogP contribution in [0.1, 0.15) is 33.9 Å². The minimum atomic E-state index is 0.220. The third-order valence-corrected chi connectivity index (χ3v) is 13.4. The van der Waals surface area contributed by atoms with Crippen molar-refractivity contribution in [3.8, 4) is 68.0 Å². The van der Waals surface area contributed by atoms with Gasteiger partial charge in [-0.2, -0.15) is 10.5 Å². The Morgan fingerprint density at radius 2 is 0.955 bits per heavy atom. The molecule has 4 heteroatoms. The Kier molecular flexibility index (Phi) is 9.37. The van der Waals surface area contributed by atoms with Crippen LogP contribution in [0.5, 0.6) is 0 Å². The summed E-state index contributed by atoms with van der Waals surface area (Å²) in [7, 11) is 0. The van der Waals surface area contributed by atoms with Gasteiger partial charge >= 0.3 is 0 Å². The van der Waals surface area contributed by atoms with Gasteiger partial charge in [-0.15, -0.1) is 0 Å². The molecule has 1 aliphatic rings. The number of fused-ring (bicyclic) bond motifs is 6. The summed E-state index contributed by atoms with van der Waals surface area (Å²) in [5.41, 5.74) is 18.1. The van der Waals surface area contributed by atoms with E-state index in [2.05, 4.69) is 209 Å². The van der Waals surface area contributed by atoms with E-state index < -0.39 is 0 Å². The third-order valence-electron chi connectivity index (χ3n) is 13.4. The number of allylic oxidation sites excluding steroid dienone is 1. The summed E-state index contributed by atoms with van der Waals surface area (Å²) in [6.45, 7) is 0. The minimum absolute atomic E-state index is 0.220. The zero-order valence-electron chi connectivity index (χ0n) is 35.9. The maximum atomic E-state index is 11.1. The monoisotopic (exact) mass is 840 g/mol. The van der Waals surface area contributed by atoms with E-state index in [0.29, 0.717) is 11.1 Å². The van der Waals surface area contributed by atoms with Gasteiger partial charge in [0, 0.05) is 38.9 Å². The fraction of sp³-hybridized carbons (Fsp3) is 0.0323. The van der Waals surface area contributed by atoms with E-state index >= 15 is 0 Å². The maximum Gasteiger partial charge on any atom is 0.101 e. The minimum Gasteiger partial charge on any atom is -0.309 e. The van der Waals surface area contributed by atoms with Crippen molar-refractivity contribution in [3.63, 3.8) is 0 Å². The van der Waals surface area contributed by atoms with Crippen LogP contribution < -0.4 is 0 Å². The van der Waals surface area contributed by atoms with Gasteiger partial charge in [-0.1, -0.05) is 158 Å². The normalized spacial score (nSPS) is 13.2. The van der Waals surface area contributed by atoms with Crippen molar-refractivity contribution >= 4 is 38.8 Å². The molecule has 1 unspecified atom stereocenters. The van der Waals surface area contributed by atoms with E-state index in [1.807, 2.05) is 36.4 Å². The second kappa shape index (κ2) is 16.0. The van der Waals surface area contributed by atoms with Crippen molar-refractivity contribution in [2.24, 2.45) is 0 Å². The highest BCUT2D eigenvalue weighted by atomic mass is 15.0. The van der Waals surface area contributed by atoms with Crippen molar-refractivity contribution in [3.05, 3.63) is 246 Å². The van der Waals surface area contributed by atoms with Gasteiger partial charge in [-0.25, -0.2) is 0 Å². The molecule has 9 aromatic carbocycles. The van der Waals surface area contributed by atoms with Gasteiger partial charge in [-0.05, 0) is 118 Å². The highest BCUT2D eigenvalue weighted by Crippen LogP contribution is 2.45. The van der Waals surface area contributed by atoms with Crippen LogP contribution in [0.2, 0.25) is 0 Å². The fourth-order valence-corrected chi connectivity index (χ4v) is 10.3. The molecule has 66 heavy (non-hydrogen) atoms. The van der Waals surface area contributed by atoms with E-state index in [0.717, 1.165) is 89.8 Å². The van der Waals surface area contributed by atoms with Crippen molar-refractivity contribution in [1.82, 2.24) is 9.13 Å². The molecular formula is C62H40N4. The van der Waals surface area contributed by atoms with Crippen LogP contribution in [0.4, 0.5) is 0 Å². The smallest absolute Gasteiger partial charge is 0.101 e. The quantitative estimate of drug-likeness (QED) is 0.160. The van der Waals surface area contributed by atoms with E-state index in [1.54, 1.807) is 0 Å². The molecule has 2 aromatic heterocycles. The summed E-state index contributed by atoms with van der Waals surface area (Å²) in [6.07, 6.45) is 5.46. The van der Waals surface area contributed by atoms with E-state index in [4.69, 9.17) is 0 Å². The summed E-state index contributed by atoms with van der Waals surface area (Å²) in [4.78, 5) is 0. The Labute approximate surface area is 383 Å². The molecule has 11 aromatic rings. The van der Waals surface area contributed by atoms with Gasteiger partial charge < -0.3 is 9.13 Å². The first-order valence-electron chi connectivity index (χ1n) is 22.4. The number of para-hydroxylation sites is 1. The molecule has 0 N–H and O–H groups in total. The van der Waals surface area contributed by atoms with Crippen LogP contribution in [-0.2, 0) is 6.42 Å². The summed E-state index contributed by atoms with van der Waals surface area (Å²) in [5.74, 6) is 0.220. The molecule has 1 atom stereocenters. The largest absolute Gasteiger partial charge is 0.309 e. The summed E-state index contributed by atoms with van der Waals surface area (Å²) >= 11 is 0. The SMILES string of the molecule is N#Cc1ccc(-n2c3c(c4cc(-c5ccccc5)ccc42)CC(c2ccccc2)C=C3)c(-c2cccc(C#N)c2-n2c3ccc(-c4ccccc4)cc3c3cc(-c4ccccc4)ccc32)c1. The molecule has 0 aliphatic heterocycles. The molecule has 0 saturated heterocycles. The number of benzene rings is 9. The standard InChI is InChI=1S/C62H40N4/c63-39-41-24-29-57(65-58-30-25-46(42-14-5-1-6-15-42)35-53(58)54-36-47(26-31-59(54)65)43-16-7-2-8-17-43)52(34-41)51-23-13-22-50(40-64)62(51)66-60-32-27-48(44-18-9-3-10-19-44)37-55(60)56-38-49(28-33-61(56)66)45-20-11-4-12-21-45/h1-35,37-38,47H,36H2. The average Bonchev–Trinajstić information content (AvgIpc) is 3.90. The molecule has 0 fully saturated rings. The second-order valence-corrected chi connectivity index (χ2v) is 17.1. The van der Waals surface area contributed by atoms with Gasteiger partial charge in [-0.3, -0.25) is 0 Å². The molecule has 308 valence electrons. The molecule has 4 nitrogen and oxygen atoms in total. The zero-order valence-corrected chi connectivity index (χ0v) is 35.9. The molecule has 0 radical (unpaired) electrons. The van der Waals surface area contributed by atoms with Gasteiger partial charge in [0.05, 0.1) is 45.1 Å². The number of aromatic nitrogens is 2. The number of nitrogens with zero attached hydrogens (tertiary/aromatic N) is 4.